The first-order chi connectivity index (χ1) is 14.0. The van der Waals surface area contributed by atoms with E-state index in [-0.39, 0.29) is 16.4 Å². The van der Waals surface area contributed by atoms with E-state index < -0.39 is 22.6 Å². The molecule has 2 aliphatic heterocycles. The highest BCUT2D eigenvalue weighted by Crippen LogP contribution is 2.27. The molecule has 0 aliphatic carbocycles. The number of rotatable bonds is 5. The summed E-state index contributed by atoms with van der Waals surface area (Å²) in [5.74, 6) is -1.02. The number of nitrogens with zero attached hydrogens (tertiary/aromatic N) is 2. The van der Waals surface area contributed by atoms with Crippen LogP contribution in [0.4, 0.5) is 5.69 Å². The van der Waals surface area contributed by atoms with Crippen LogP contribution in [-0.2, 0) is 26.0 Å². The van der Waals surface area contributed by atoms with Crippen molar-refractivity contribution in [3.63, 3.8) is 0 Å². The predicted molar refractivity (Wildman–Crippen MR) is 107 cm³/mol. The van der Waals surface area contributed by atoms with Crippen molar-refractivity contribution in [3.05, 3.63) is 59.7 Å². The van der Waals surface area contributed by atoms with E-state index >= 15 is 0 Å². The van der Waals surface area contributed by atoms with Crippen molar-refractivity contribution in [2.45, 2.75) is 24.2 Å². The van der Waals surface area contributed by atoms with E-state index in [0.717, 1.165) is 30.5 Å². The third kappa shape index (κ3) is 3.90. The van der Waals surface area contributed by atoms with Crippen LogP contribution >= 0.6 is 0 Å². The molecule has 2 aliphatic rings. The van der Waals surface area contributed by atoms with Crippen LogP contribution in [0, 0.1) is 0 Å². The number of ether oxygens (including phenoxy) is 1. The van der Waals surface area contributed by atoms with E-state index in [9.17, 15) is 18.0 Å². The van der Waals surface area contributed by atoms with Crippen LogP contribution in [0.1, 0.15) is 28.8 Å². The smallest absolute Gasteiger partial charge is 0.338 e. The van der Waals surface area contributed by atoms with Crippen molar-refractivity contribution < 1.29 is 22.7 Å². The van der Waals surface area contributed by atoms with Gasteiger partial charge in [-0.2, -0.15) is 4.31 Å². The van der Waals surface area contributed by atoms with Crippen LogP contribution in [0.5, 0.6) is 0 Å². The molecule has 0 aromatic heterocycles. The van der Waals surface area contributed by atoms with Gasteiger partial charge in [0, 0.05) is 25.3 Å². The van der Waals surface area contributed by atoms with Crippen molar-refractivity contribution in [1.82, 2.24) is 4.31 Å². The second kappa shape index (κ2) is 7.96. The number of benzene rings is 2. The highest BCUT2D eigenvalue weighted by Gasteiger charge is 2.28. The minimum atomic E-state index is -3.62. The predicted octanol–water partition coefficient (Wildman–Crippen LogP) is 2.22. The summed E-state index contributed by atoms with van der Waals surface area (Å²) in [6, 6.07) is 13.4. The maximum absolute atomic E-state index is 12.7. The topological polar surface area (TPSA) is 84.0 Å². The maximum atomic E-state index is 12.7. The number of carbonyl (C=O) groups is 2. The van der Waals surface area contributed by atoms with Gasteiger partial charge in [0.05, 0.1) is 10.5 Å². The molecule has 0 radical (unpaired) electrons. The van der Waals surface area contributed by atoms with E-state index in [1.165, 1.54) is 28.6 Å². The molecule has 2 aromatic rings. The van der Waals surface area contributed by atoms with Gasteiger partial charge in [-0.1, -0.05) is 24.3 Å². The number of carbonyl (C=O) groups excluding carboxylic acids is 2. The van der Waals surface area contributed by atoms with Gasteiger partial charge in [-0.3, -0.25) is 4.79 Å². The molecule has 0 saturated carbocycles. The maximum Gasteiger partial charge on any atom is 0.338 e. The van der Waals surface area contributed by atoms with Crippen molar-refractivity contribution in [2.75, 3.05) is 31.1 Å². The molecule has 4 rings (SSSR count). The Hall–Kier alpha value is -2.71. The lowest BCUT2D eigenvalue weighted by atomic mass is 10.2. The highest BCUT2D eigenvalue weighted by atomic mass is 32.2. The lowest BCUT2D eigenvalue weighted by molar-refractivity contribution is -0.121. The van der Waals surface area contributed by atoms with Gasteiger partial charge in [0.1, 0.15) is 0 Å². The third-order valence-corrected chi connectivity index (χ3v) is 7.18. The number of amides is 1. The molecular weight excluding hydrogens is 392 g/mol. The second-order valence-electron chi connectivity index (χ2n) is 7.14. The Morgan fingerprint density at radius 3 is 2.52 bits per heavy atom. The number of fused-ring (bicyclic) bond motifs is 1. The first kappa shape index (κ1) is 19.6. The van der Waals surface area contributed by atoms with E-state index in [0.29, 0.717) is 19.6 Å². The lowest BCUT2D eigenvalue weighted by Gasteiger charge is -2.17. The summed E-state index contributed by atoms with van der Waals surface area (Å²) >= 11 is 0. The van der Waals surface area contributed by atoms with Crippen molar-refractivity contribution >= 4 is 27.6 Å². The average molecular weight is 414 g/mol. The summed E-state index contributed by atoms with van der Waals surface area (Å²) in [6.45, 7) is 1.14. The van der Waals surface area contributed by atoms with E-state index in [1.807, 2.05) is 24.3 Å². The first-order valence-electron chi connectivity index (χ1n) is 9.62. The van der Waals surface area contributed by atoms with Crippen LogP contribution in [0.3, 0.4) is 0 Å². The largest absolute Gasteiger partial charge is 0.452 e. The summed E-state index contributed by atoms with van der Waals surface area (Å²) in [6.07, 6.45) is 2.44. The Morgan fingerprint density at radius 1 is 0.966 bits per heavy atom. The van der Waals surface area contributed by atoms with Gasteiger partial charge in [0.2, 0.25) is 10.0 Å². The van der Waals surface area contributed by atoms with Crippen LogP contribution in [0.15, 0.2) is 53.4 Å². The van der Waals surface area contributed by atoms with Crippen molar-refractivity contribution in [3.8, 4) is 0 Å². The minimum Gasteiger partial charge on any atom is -0.452 e. The van der Waals surface area contributed by atoms with E-state index in [1.54, 1.807) is 4.90 Å². The standard InChI is InChI=1S/C21H22N2O5S/c24-20(23-13-10-16-6-1-2-9-19(16)23)15-28-21(25)17-7-5-8-18(14-17)29(26,27)22-11-3-4-12-22/h1-2,5-9,14H,3-4,10-13,15H2. The summed E-state index contributed by atoms with van der Waals surface area (Å²) in [4.78, 5) is 26.6. The minimum absolute atomic E-state index is 0.0636. The molecule has 7 nitrogen and oxygen atoms in total. The third-order valence-electron chi connectivity index (χ3n) is 5.29. The molecule has 1 fully saturated rings. The number of esters is 1. The Bertz CT molecular complexity index is 1040. The Balaban J connectivity index is 1.42. The number of hydrogen-bond acceptors (Lipinski definition) is 5. The van der Waals surface area contributed by atoms with Gasteiger partial charge >= 0.3 is 5.97 Å². The molecule has 1 amide bonds. The van der Waals surface area contributed by atoms with E-state index in [4.69, 9.17) is 4.74 Å². The Labute approximate surface area is 169 Å². The summed E-state index contributed by atoms with van der Waals surface area (Å²) in [5.41, 5.74) is 2.04. The monoisotopic (exact) mass is 414 g/mol. The normalized spacial score (nSPS) is 16.6. The average Bonchev–Trinajstić information content (AvgIpc) is 3.42. The fraction of sp³-hybridized carbons (Fsp3) is 0.333. The molecule has 0 bridgehead atoms. The number of anilines is 1. The Kier molecular flexibility index (Phi) is 5.38. The zero-order chi connectivity index (χ0) is 20.4. The van der Waals surface area contributed by atoms with Crippen LogP contribution in [0.2, 0.25) is 0 Å². The van der Waals surface area contributed by atoms with Gasteiger partial charge in [-0.25, -0.2) is 13.2 Å². The Morgan fingerprint density at radius 2 is 1.72 bits per heavy atom. The quantitative estimate of drug-likeness (QED) is 0.701. The zero-order valence-electron chi connectivity index (χ0n) is 15.9. The summed E-state index contributed by atoms with van der Waals surface area (Å²) < 4.78 is 32.0. The molecular formula is C21H22N2O5S. The van der Waals surface area contributed by atoms with Crippen LogP contribution in [0.25, 0.3) is 0 Å². The number of hydrogen-bond donors (Lipinski definition) is 0. The van der Waals surface area contributed by atoms with Gasteiger partial charge in [0.25, 0.3) is 5.91 Å². The molecule has 8 heteroatoms. The highest BCUT2D eigenvalue weighted by molar-refractivity contribution is 7.89. The number of para-hydroxylation sites is 1. The lowest BCUT2D eigenvalue weighted by Crippen LogP contribution is -2.33. The summed E-state index contributed by atoms with van der Waals surface area (Å²) in [5, 5.41) is 0. The van der Waals surface area contributed by atoms with Crippen molar-refractivity contribution in [1.29, 1.82) is 0 Å². The fourth-order valence-corrected chi connectivity index (χ4v) is 5.31. The first-order valence-corrected chi connectivity index (χ1v) is 11.1. The van der Waals surface area contributed by atoms with Gasteiger partial charge in [-0.15, -0.1) is 0 Å². The van der Waals surface area contributed by atoms with Crippen LogP contribution < -0.4 is 4.90 Å². The fourth-order valence-electron chi connectivity index (χ4n) is 3.75. The molecule has 0 N–H and O–H groups in total. The van der Waals surface area contributed by atoms with Gasteiger partial charge in [0.15, 0.2) is 6.61 Å². The number of sulfonamides is 1. The summed E-state index contributed by atoms with van der Waals surface area (Å²) in [7, 11) is -3.62. The van der Waals surface area contributed by atoms with Gasteiger partial charge in [-0.05, 0) is 49.1 Å². The van der Waals surface area contributed by atoms with Crippen molar-refractivity contribution in [2.24, 2.45) is 0 Å². The van der Waals surface area contributed by atoms with Crippen LogP contribution in [-0.4, -0.2) is 50.8 Å². The SMILES string of the molecule is O=C(OCC(=O)N1CCc2ccccc21)c1cccc(S(=O)(=O)N2CCCC2)c1. The zero-order valence-corrected chi connectivity index (χ0v) is 16.7. The van der Waals surface area contributed by atoms with E-state index in [2.05, 4.69) is 0 Å². The molecule has 2 aromatic carbocycles. The molecule has 152 valence electrons. The molecule has 0 unspecified atom stereocenters. The second-order valence-corrected chi connectivity index (χ2v) is 9.08. The molecule has 1 saturated heterocycles. The molecule has 29 heavy (non-hydrogen) atoms. The molecule has 2 heterocycles. The molecule has 0 spiro atoms. The molecule has 0 atom stereocenters. The van der Waals surface area contributed by atoms with Gasteiger partial charge < -0.3 is 9.64 Å².